The molecule has 1 aliphatic heterocycles. The van der Waals surface area contributed by atoms with Gasteiger partial charge in [-0.2, -0.15) is 0 Å². The standard InChI is InChI=1S/C20H38BNO4/c1-7-15-10-8-11-16(20(15,14-22)17(23)24-6)12-9-13-21-25-18(2,3)19(4,5)26-21/h15-16H,7-14,22H2,1-6H3. The molecule has 2 rings (SSSR count). The van der Waals surface area contributed by atoms with Crippen molar-refractivity contribution in [2.75, 3.05) is 13.7 Å². The van der Waals surface area contributed by atoms with Crippen LogP contribution in [0.4, 0.5) is 0 Å². The van der Waals surface area contributed by atoms with Gasteiger partial charge in [0.25, 0.3) is 0 Å². The van der Waals surface area contributed by atoms with Crippen LogP contribution in [0.15, 0.2) is 0 Å². The van der Waals surface area contributed by atoms with E-state index in [2.05, 4.69) is 34.6 Å². The molecule has 6 heteroatoms. The molecule has 0 bridgehead atoms. The Morgan fingerprint density at radius 2 is 1.73 bits per heavy atom. The van der Waals surface area contributed by atoms with Gasteiger partial charge in [0.2, 0.25) is 0 Å². The van der Waals surface area contributed by atoms with Gasteiger partial charge in [-0.25, -0.2) is 0 Å². The first-order chi connectivity index (χ1) is 12.1. The maximum atomic E-state index is 12.7. The number of hydrogen-bond donors (Lipinski definition) is 1. The SMILES string of the molecule is CCC1CCCC(CCCB2OC(C)(C)C(C)(C)O2)C1(CN)C(=O)OC. The number of hydrogen-bond acceptors (Lipinski definition) is 5. The Labute approximate surface area is 159 Å². The van der Waals surface area contributed by atoms with Crippen molar-refractivity contribution in [3.63, 3.8) is 0 Å². The highest BCUT2D eigenvalue weighted by Crippen LogP contribution is 2.49. The molecule has 150 valence electrons. The number of carbonyl (C=O) groups excluding carboxylic acids is 1. The highest BCUT2D eigenvalue weighted by molar-refractivity contribution is 6.45. The summed E-state index contributed by atoms with van der Waals surface area (Å²) < 4.78 is 17.4. The van der Waals surface area contributed by atoms with E-state index in [0.29, 0.717) is 12.5 Å². The second-order valence-electron chi connectivity index (χ2n) is 9.09. The Kier molecular flexibility index (Phi) is 6.84. The van der Waals surface area contributed by atoms with E-state index in [1.807, 2.05) is 0 Å². The smallest absolute Gasteiger partial charge is 0.457 e. The van der Waals surface area contributed by atoms with Crippen LogP contribution >= 0.6 is 0 Å². The Morgan fingerprint density at radius 1 is 1.15 bits per heavy atom. The summed E-state index contributed by atoms with van der Waals surface area (Å²) in [5.74, 6) is 0.476. The van der Waals surface area contributed by atoms with E-state index in [0.717, 1.165) is 38.4 Å². The molecule has 1 heterocycles. The average Bonchev–Trinajstić information content (AvgIpc) is 2.80. The van der Waals surface area contributed by atoms with Crippen molar-refractivity contribution in [2.24, 2.45) is 23.0 Å². The lowest BCUT2D eigenvalue weighted by Crippen LogP contribution is -2.53. The van der Waals surface area contributed by atoms with E-state index in [9.17, 15) is 4.79 Å². The third-order valence-electron chi connectivity index (χ3n) is 7.25. The van der Waals surface area contributed by atoms with Crippen LogP contribution in [0.25, 0.3) is 0 Å². The summed E-state index contributed by atoms with van der Waals surface area (Å²) in [7, 11) is 1.32. The minimum Gasteiger partial charge on any atom is -0.469 e. The van der Waals surface area contributed by atoms with Crippen molar-refractivity contribution in [3.8, 4) is 0 Å². The van der Waals surface area contributed by atoms with Crippen LogP contribution in [0.5, 0.6) is 0 Å². The van der Waals surface area contributed by atoms with Gasteiger partial charge in [-0.3, -0.25) is 4.79 Å². The summed E-state index contributed by atoms with van der Waals surface area (Å²) in [6, 6.07) is 0. The van der Waals surface area contributed by atoms with Gasteiger partial charge in [0.15, 0.2) is 0 Å². The van der Waals surface area contributed by atoms with E-state index in [1.165, 1.54) is 13.5 Å². The third kappa shape index (κ3) is 3.83. The zero-order valence-electron chi connectivity index (χ0n) is 17.6. The predicted molar refractivity (Wildman–Crippen MR) is 105 cm³/mol. The van der Waals surface area contributed by atoms with Crippen LogP contribution in [0.3, 0.4) is 0 Å². The zero-order chi connectivity index (χ0) is 19.6. The molecule has 1 saturated heterocycles. The summed E-state index contributed by atoms with van der Waals surface area (Å²) in [4.78, 5) is 12.7. The molecule has 26 heavy (non-hydrogen) atoms. The van der Waals surface area contributed by atoms with Crippen molar-refractivity contribution in [3.05, 3.63) is 0 Å². The molecule has 0 spiro atoms. The van der Waals surface area contributed by atoms with Crippen LogP contribution in [-0.2, 0) is 18.8 Å². The number of carbonyl (C=O) groups is 1. The minimum atomic E-state index is -0.530. The zero-order valence-corrected chi connectivity index (χ0v) is 17.6. The molecule has 3 atom stereocenters. The maximum absolute atomic E-state index is 12.7. The van der Waals surface area contributed by atoms with E-state index < -0.39 is 5.41 Å². The second-order valence-corrected chi connectivity index (χ2v) is 9.09. The van der Waals surface area contributed by atoms with Gasteiger partial charge in [-0.15, -0.1) is 0 Å². The molecule has 2 N–H and O–H groups in total. The van der Waals surface area contributed by atoms with Gasteiger partial charge >= 0.3 is 13.1 Å². The Balaban J connectivity index is 2.02. The minimum absolute atomic E-state index is 0.118. The average molecular weight is 367 g/mol. The Bertz CT molecular complexity index is 480. The fourth-order valence-corrected chi connectivity index (χ4v) is 4.98. The summed E-state index contributed by atoms with van der Waals surface area (Å²) >= 11 is 0. The van der Waals surface area contributed by atoms with Crippen LogP contribution in [0.2, 0.25) is 6.32 Å². The lowest BCUT2D eigenvalue weighted by Gasteiger charge is -2.47. The molecule has 2 aliphatic rings. The maximum Gasteiger partial charge on any atom is 0.457 e. The third-order valence-corrected chi connectivity index (χ3v) is 7.25. The molecule has 0 aromatic carbocycles. The van der Waals surface area contributed by atoms with Gasteiger partial charge < -0.3 is 19.8 Å². The molecule has 0 radical (unpaired) electrons. The van der Waals surface area contributed by atoms with E-state index in [1.54, 1.807) is 0 Å². The highest BCUT2D eigenvalue weighted by atomic mass is 16.7. The topological polar surface area (TPSA) is 70.8 Å². The molecular weight excluding hydrogens is 329 g/mol. The van der Waals surface area contributed by atoms with Crippen molar-refractivity contribution >= 4 is 13.1 Å². The van der Waals surface area contributed by atoms with Gasteiger partial charge in [-0.05, 0) is 65.1 Å². The monoisotopic (exact) mass is 367 g/mol. The number of esters is 1. The van der Waals surface area contributed by atoms with Crippen molar-refractivity contribution in [1.82, 2.24) is 0 Å². The lowest BCUT2D eigenvalue weighted by atomic mass is 9.57. The molecule has 0 amide bonds. The molecule has 0 aromatic rings. The largest absolute Gasteiger partial charge is 0.469 e. The van der Waals surface area contributed by atoms with Crippen LogP contribution in [-0.4, -0.2) is 37.9 Å². The predicted octanol–water partition coefficient (Wildman–Crippen LogP) is 3.80. The van der Waals surface area contributed by atoms with Gasteiger partial charge in [0, 0.05) is 6.54 Å². The van der Waals surface area contributed by atoms with E-state index in [-0.39, 0.29) is 30.2 Å². The summed E-state index contributed by atoms with van der Waals surface area (Å²) in [6.45, 7) is 10.9. The molecule has 2 fully saturated rings. The molecule has 5 nitrogen and oxygen atoms in total. The first-order valence-electron chi connectivity index (χ1n) is 10.3. The Hall–Kier alpha value is -0.585. The summed E-state index contributed by atoms with van der Waals surface area (Å²) in [5.41, 5.74) is 5.08. The molecular formula is C20H38BNO4. The molecule has 3 unspecified atom stereocenters. The quantitative estimate of drug-likeness (QED) is 0.547. The number of rotatable bonds is 7. The summed E-state index contributed by atoms with van der Waals surface area (Å²) in [5, 5.41) is 0. The van der Waals surface area contributed by atoms with Gasteiger partial charge in [0.05, 0.1) is 23.7 Å². The van der Waals surface area contributed by atoms with Gasteiger partial charge in [0.1, 0.15) is 0 Å². The van der Waals surface area contributed by atoms with Crippen molar-refractivity contribution in [1.29, 1.82) is 0 Å². The van der Waals surface area contributed by atoms with Crippen LogP contribution < -0.4 is 5.73 Å². The van der Waals surface area contributed by atoms with Crippen LogP contribution in [0.1, 0.15) is 73.1 Å². The fraction of sp³-hybridized carbons (Fsp3) is 0.950. The van der Waals surface area contributed by atoms with Crippen LogP contribution in [0, 0.1) is 17.3 Å². The number of ether oxygens (including phenoxy) is 1. The molecule has 0 aromatic heterocycles. The van der Waals surface area contributed by atoms with Crippen molar-refractivity contribution in [2.45, 2.75) is 90.7 Å². The number of methoxy groups -OCH3 is 1. The first kappa shape index (κ1) is 21.7. The molecule has 1 aliphatic carbocycles. The van der Waals surface area contributed by atoms with E-state index >= 15 is 0 Å². The van der Waals surface area contributed by atoms with Gasteiger partial charge in [-0.1, -0.05) is 26.2 Å². The molecule has 1 saturated carbocycles. The number of nitrogens with two attached hydrogens (primary N) is 1. The normalized spacial score (nSPS) is 33.3. The fourth-order valence-electron chi connectivity index (χ4n) is 4.98. The lowest BCUT2D eigenvalue weighted by molar-refractivity contribution is -0.164. The Morgan fingerprint density at radius 3 is 2.23 bits per heavy atom. The highest BCUT2D eigenvalue weighted by Gasteiger charge is 2.53. The van der Waals surface area contributed by atoms with Crippen molar-refractivity contribution < 1.29 is 18.8 Å². The second kappa shape index (κ2) is 8.20. The first-order valence-corrected chi connectivity index (χ1v) is 10.3. The summed E-state index contributed by atoms with van der Waals surface area (Å²) in [6.07, 6.45) is 7.03. The van der Waals surface area contributed by atoms with E-state index in [4.69, 9.17) is 19.8 Å².